The average molecular weight is 578 g/mol. The van der Waals surface area contributed by atoms with Crippen molar-refractivity contribution in [3.63, 3.8) is 0 Å². The van der Waals surface area contributed by atoms with Gasteiger partial charge in [-0.2, -0.15) is 26.3 Å². The van der Waals surface area contributed by atoms with Crippen LogP contribution in [0.15, 0.2) is 42.5 Å². The number of carbonyl (C=O) groups excluding carboxylic acids is 2. The second-order valence-electron chi connectivity index (χ2n) is 11.1. The number of esters is 1. The summed E-state index contributed by atoms with van der Waals surface area (Å²) in [5.41, 5.74) is -0.908. The van der Waals surface area contributed by atoms with E-state index in [0.717, 1.165) is 31.2 Å². The summed E-state index contributed by atoms with van der Waals surface area (Å²) < 4.78 is 84.8. The Morgan fingerprint density at radius 3 is 2.03 bits per heavy atom. The molecule has 1 amide bonds. The first-order valence-corrected chi connectivity index (χ1v) is 12.7. The van der Waals surface area contributed by atoms with Gasteiger partial charge in [-0.25, -0.2) is 0 Å². The Morgan fingerprint density at radius 1 is 0.974 bits per heavy atom. The lowest BCUT2D eigenvalue weighted by atomic mass is 9.85. The van der Waals surface area contributed by atoms with Crippen molar-refractivity contribution in [1.82, 2.24) is 0 Å². The fourth-order valence-electron chi connectivity index (χ4n) is 4.30. The van der Waals surface area contributed by atoms with Crippen LogP contribution in [0.4, 0.5) is 32.0 Å². The molecule has 0 bridgehead atoms. The third-order valence-corrected chi connectivity index (χ3v) is 6.89. The van der Waals surface area contributed by atoms with E-state index in [1.165, 1.54) is 12.1 Å². The van der Waals surface area contributed by atoms with Gasteiger partial charge in [-0.3, -0.25) is 9.59 Å². The van der Waals surface area contributed by atoms with Crippen molar-refractivity contribution in [3.8, 4) is 0 Å². The highest BCUT2D eigenvalue weighted by molar-refractivity contribution is 6.33. The summed E-state index contributed by atoms with van der Waals surface area (Å²) in [6.45, 7) is 6.13. The lowest BCUT2D eigenvalue weighted by Gasteiger charge is -2.26. The summed E-state index contributed by atoms with van der Waals surface area (Å²) in [6, 6.07) is 8.97. The van der Waals surface area contributed by atoms with Gasteiger partial charge >= 0.3 is 18.3 Å². The molecule has 39 heavy (non-hydrogen) atoms. The van der Waals surface area contributed by atoms with Crippen molar-refractivity contribution in [3.05, 3.63) is 64.2 Å². The van der Waals surface area contributed by atoms with Crippen LogP contribution in [-0.4, -0.2) is 29.8 Å². The number of ether oxygens (including phenoxy) is 1. The minimum absolute atomic E-state index is 0.0622. The molecular formula is C28H30ClF6NO3. The molecule has 0 heterocycles. The van der Waals surface area contributed by atoms with E-state index in [9.17, 15) is 35.9 Å². The fraction of sp³-hybridized carbons (Fsp3) is 0.500. The standard InChI is InChI=1S/C28H30ClF6NO3/c1-16(28(33,34)35)22(19-8-5-17(6-9-19)15-27(30,31)32)23(37)36-21-13-18(7-10-20(21)29)14-26(11-12-26)24(38)39-25(2,3)4/h5-10,13,16,22H,11-12,14-15H2,1-4H3,(H,36,37). The summed E-state index contributed by atoms with van der Waals surface area (Å²) in [4.78, 5) is 25.9. The minimum atomic E-state index is -4.76. The zero-order valence-corrected chi connectivity index (χ0v) is 22.7. The van der Waals surface area contributed by atoms with Crippen molar-refractivity contribution in [2.75, 3.05) is 5.32 Å². The third-order valence-electron chi connectivity index (χ3n) is 6.56. The molecule has 11 heteroatoms. The zero-order chi connectivity index (χ0) is 29.4. The summed E-state index contributed by atoms with van der Waals surface area (Å²) in [5.74, 6) is -5.25. The molecule has 1 aliphatic carbocycles. The van der Waals surface area contributed by atoms with Crippen molar-refractivity contribution < 1.29 is 40.7 Å². The number of anilines is 1. The lowest BCUT2D eigenvalue weighted by molar-refractivity contribution is -0.178. The number of amides is 1. The lowest BCUT2D eigenvalue weighted by Crippen LogP contribution is -2.34. The molecule has 3 rings (SSSR count). The van der Waals surface area contributed by atoms with E-state index in [4.69, 9.17) is 16.3 Å². The molecule has 0 spiro atoms. The molecule has 0 radical (unpaired) electrons. The van der Waals surface area contributed by atoms with Crippen LogP contribution < -0.4 is 5.32 Å². The molecule has 0 aliphatic heterocycles. The number of hydrogen-bond acceptors (Lipinski definition) is 3. The van der Waals surface area contributed by atoms with Crippen LogP contribution in [0.1, 0.15) is 63.1 Å². The van der Waals surface area contributed by atoms with Crippen molar-refractivity contribution in [2.24, 2.45) is 11.3 Å². The quantitative estimate of drug-likeness (QED) is 0.255. The first kappa shape index (κ1) is 30.8. The van der Waals surface area contributed by atoms with Crippen LogP contribution in [0.25, 0.3) is 0 Å². The molecule has 1 fully saturated rings. The van der Waals surface area contributed by atoms with Gasteiger partial charge in [0.2, 0.25) is 5.91 Å². The van der Waals surface area contributed by atoms with Crippen LogP contribution in [0.3, 0.4) is 0 Å². The zero-order valence-electron chi connectivity index (χ0n) is 21.9. The normalized spacial score (nSPS) is 16.8. The van der Waals surface area contributed by atoms with Crippen LogP contribution >= 0.6 is 11.6 Å². The highest BCUT2D eigenvalue weighted by Gasteiger charge is 2.52. The fourth-order valence-corrected chi connectivity index (χ4v) is 4.46. The van der Waals surface area contributed by atoms with Gasteiger partial charge in [0, 0.05) is 0 Å². The predicted molar refractivity (Wildman–Crippen MR) is 135 cm³/mol. The van der Waals surface area contributed by atoms with E-state index in [-0.39, 0.29) is 27.8 Å². The van der Waals surface area contributed by atoms with Gasteiger partial charge in [-0.1, -0.05) is 48.9 Å². The summed E-state index contributed by atoms with van der Waals surface area (Å²) in [6.07, 6.45) is -8.97. The first-order valence-electron chi connectivity index (χ1n) is 12.3. The van der Waals surface area contributed by atoms with Crippen molar-refractivity contribution in [2.45, 2.75) is 77.2 Å². The summed E-state index contributed by atoms with van der Waals surface area (Å²) in [7, 11) is 0. The number of hydrogen-bond donors (Lipinski definition) is 1. The average Bonchev–Trinajstić information content (AvgIpc) is 3.55. The van der Waals surface area contributed by atoms with E-state index >= 15 is 0 Å². The van der Waals surface area contributed by atoms with E-state index in [2.05, 4.69) is 5.32 Å². The second kappa shape index (κ2) is 11.0. The Bertz CT molecular complexity index is 1200. The number of halogens is 7. The SMILES string of the molecule is CC(C(C(=O)Nc1cc(CC2(C(=O)OC(C)(C)C)CC2)ccc1Cl)c1ccc(CC(F)(F)F)cc1)C(F)(F)F. The maximum Gasteiger partial charge on any atom is 0.393 e. The molecule has 1 N–H and O–H groups in total. The molecule has 2 unspecified atom stereocenters. The summed E-state index contributed by atoms with van der Waals surface area (Å²) in [5, 5.41) is 2.54. The monoisotopic (exact) mass is 577 g/mol. The minimum Gasteiger partial charge on any atom is -0.460 e. The Hall–Kier alpha value is -2.75. The maximum atomic E-state index is 13.7. The van der Waals surface area contributed by atoms with Gasteiger partial charge in [0.15, 0.2) is 0 Å². The summed E-state index contributed by atoms with van der Waals surface area (Å²) >= 11 is 6.24. The third kappa shape index (κ3) is 8.37. The number of nitrogens with one attached hydrogen (secondary N) is 1. The number of carbonyl (C=O) groups is 2. The van der Waals surface area contributed by atoms with Gasteiger partial charge < -0.3 is 10.1 Å². The van der Waals surface area contributed by atoms with Crippen LogP contribution in [0.5, 0.6) is 0 Å². The molecule has 0 saturated heterocycles. The molecule has 1 aliphatic rings. The Morgan fingerprint density at radius 2 is 1.54 bits per heavy atom. The van der Waals surface area contributed by atoms with E-state index in [0.29, 0.717) is 24.8 Å². The van der Waals surface area contributed by atoms with Gasteiger partial charge in [-0.05, 0) is 68.9 Å². The van der Waals surface area contributed by atoms with E-state index < -0.39 is 47.5 Å². The van der Waals surface area contributed by atoms with E-state index in [1.54, 1.807) is 26.8 Å². The molecule has 214 valence electrons. The smallest absolute Gasteiger partial charge is 0.393 e. The highest BCUT2D eigenvalue weighted by atomic mass is 35.5. The highest BCUT2D eigenvalue weighted by Crippen LogP contribution is 2.50. The molecule has 0 aromatic heterocycles. The molecule has 2 aromatic carbocycles. The molecular weight excluding hydrogens is 548 g/mol. The predicted octanol–water partition coefficient (Wildman–Crippen LogP) is 8.03. The number of alkyl halides is 6. The largest absolute Gasteiger partial charge is 0.460 e. The second-order valence-corrected chi connectivity index (χ2v) is 11.5. The molecule has 2 atom stereocenters. The van der Waals surface area contributed by atoms with Crippen LogP contribution in [0, 0.1) is 11.3 Å². The van der Waals surface area contributed by atoms with Gasteiger partial charge in [-0.15, -0.1) is 0 Å². The molecule has 4 nitrogen and oxygen atoms in total. The van der Waals surface area contributed by atoms with Gasteiger partial charge in [0.25, 0.3) is 0 Å². The van der Waals surface area contributed by atoms with Crippen LogP contribution in [0.2, 0.25) is 5.02 Å². The van der Waals surface area contributed by atoms with E-state index in [1.807, 2.05) is 0 Å². The maximum absolute atomic E-state index is 13.7. The number of benzene rings is 2. The van der Waals surface area contributed by atoms with Crippen LogP contribution in [-0.2, 0) is 27.2 Å². The number of rotatable bonds is 8. The Labute approximate surface area is 228 Å². The Kier molecular flexibility index (Phi) is 8.70. The van der Waals surface area contributed by atoms with Crippen molar-refractivity contribution >= 4 is 29.2 Å². The molecule has 2 aromatic rings. The topological polar surface area (TPSA) is 55.4 Å². The van der Waals surface area contributed by atoms with Gasteiger partial charge in [0.05, 0.1) is 34.4 Å². The van der Waals surface area contributed by atoms with Gasteiger partial charge in [0.1, 0.15) is 5.60 Å². The molecule has 1 saturated carbocycles. The first-order chi connectivity index (χ1) is 17.8. The Balaban J connectivity index is 1.85. The van der Waals surface area contributed by atoms with Crippen molar-refractivity contribution in [1.29, 1.82) is 0 Å².